The van der Waals surface area contributed by atoms with Gasteiger partial charge in [0.05, 0.1) is 18.6 Å². The Labute approximate surface area is 115 Å². The molecule has 1 aromatic rings. The van der Waals surface area contributed by atoms with Gasteiger partial charge in [0.25, 0.3) is 0 Å². The second kappa shape index (κ2) is 6.77. The lowest BCUT2D eigenvalue weighted by atomic mass is 10.3. The van der Waals surface area contributed by atoms with Crippen molar-refractivity contribution in [2.24, 2.45) is 0 Å². The average Bonchev–Trinajstić information content (AvgIpc) is 2.33. The highest BCUT2D eigenvalue weighted by atomic mass is 32.2. The molecule has 0 saturated carbocycles. The monoisotopic (exact) mass is 287 g/mol. The van der Waals surface area contributed by atoms with Crippen molar-refractivity contribution in [3.05, 3.63) is 18.2 Å². The molecule has 0 bridgehead atoms. The van der Waals surface area contributed by atoms with Crippen LogP contribution in [-0.4, -0.2) is 53.9 Å². The lowest BCUT2D eigenvalue weighted by Gasteiger charge is -2.13. The zero-order chi connectivity index (χ0) is 14.5. The molecule has 0 fully saturated rings. The summed E-state index contributed by atoms with van der Waals surface area (Å²) in [6.45, 7) is 1.50. The molecule has 0 atom stereocenters. The highest BCUT2D eigenvalue weighted by Gasteiger charge is 2.12. The predicted molar refractivity (Wildman–Crippen MR) is 74.8 cm³/mol. The molecule has 0 heterocycles. The van der Waals surface area contributed by atoms with E-state index in [1.54, 1.807) is 6.07 Å². The van der Waals surface area contributed by atoms with Crippen LogP contribution in [0.5, 0.6) is 11.5 Å². The second-order valence-corrected chi connectivity index (χ2v) is 6.61. The summed E-state index contributed by atoms with van der Waals surface area (Å²) in [5.74, 6) is 1.00. The molecular weight excluding hydrogens is 266 g/mol. The zero-order valence-corrected chi connectivity index (χ0v) is 12.7. The van der Waals surface area contributed by atoms with Gasteiger partial charge in [0, 0.05) is 18.9 Å². The molecule has 5 nitrogen and oxygen atoms in total. The molecule has 0 aromatic heterocycles. The van der Waals surface area contributed by atoms with E-state index in [2.05, 4.69) is 4.90 Å². The number of methoxy groups -OCH3 is 1. The summed E-state index contributed by atoms with van der Waals surface area (Å²) in [6.07, 6.45) is 2.06. The minimum absolute atomic E-state index is 0.227. The van der Waals surface area contributed by atoms with Crippen molar-refractivity contribution in [1.29, 1.82) is 0 Å². The minimum atomic E-state index is -3.23. The molecule has 0 saturated heterocycles. The van der Waals surface area contributed by atoms with Gasteiger partial charge < -0.3 is 14.4 Å². The second-order valence-electron chi connectivity index (χ2n) is 4.59. The zero-order valence-electron chi connectivity index (χ0n) is 11.8. The fourth-order valence-corrected chi connectivity index (χ4v) is 2.20. The molecule has 0 amide bonds. The van der Waals surface area contributed by atoms with Crippen LogP contribution in [0.1, 0.15) is 6.42 Å². The first kappa shape index (κ1) is 15.8. The van der Waals surface area contributed by atoms with Crippen LogP contribution in [0.25, 0.3) is 0 Å². The van der Waals surface area contributed by atoms with Gasteiger partial charge in [0.15, 0.2) is 21.3 Å². The molecule has 19 heavy (non-hydrogen) atoms. The molecule has 0 radical (unpaired) electrons. The maximum absolute atomic E-state index is 11.4. The van der Waals surface area contributed by atoms with Gasteiger partial charge in [-0.1, -0.05) is 0 Å². The lowest BCUT2D eigenvalue weighted by Crippen LogP contribution is -2.15. The Balaban J connectivity index is 2.74. The first-order valence-corrected chi connectivity index (χ1v) is 7.89. The van der Waals surface area contributed by atoms with Gasteiger partial charge in [-0.05, 0) is 32.6 Å². The third-order valence-corrected chi connectivity index (χ3v) is 3.68. The van der Waals surface area contributed by atoms with Crippen LogP contribution in [0.3, 0.4) is 0 Å². The number of hydrogen-bond donors (Lipinski definition) is 0. The van der Waals surface area contributed by atoms with E-state index >= 15 is 0 Å². The molecule has 0 spiro atoms. The molecule has 0 unspecified atom stereocenters. The molecule has 108 valence electrons. The van der Waals surface area contributed by atoms with Gasteiger partial charge in [0.2, 0.25) is 0 Å². The number of ether oxygens (including phenoxy) is 2. The molecule has 0 N–H and O–H groups in total. The van der Waals surface area contributed by atoms with Crippen LogP contribution < -0.4 is 9.47 Å². The average molecular weight is 287 g/mol. The third kappa shape index (κ3) is 5.08. The van der Waals surface area contributed by atoms with Crippen LogP contribution in [0.15, 0.2) is 23.1 Å². The van der Waals surface area contributed by atoms with Gasteiger partial charge in [-0.15, -0.1) is 0 Å². The highest BCUT2D eigenvalue weighted by Crippen LogP contribution is 2.29. The van der Waals surface area contributed by atoms with Gasteiger partial charge in [0.1, 0.15) is 0 Å². The van der Waals surface area contributed by atoms with Crippen LogP contribution >= 0.6 is 0 Å². The van der Waals surface area contributed by atoms with Gasteiger partial charge in [-0.25, -0.2) is 8.42 Å². The highest BCUT2D eigenvalue weighted by molar-refractivity contribution is 7.90. The summed E-state index contributed by atoms with van der Waals surface area (Å²) in [7, 11) is 2.27. The fourth-order valence-electron chi connectivity index (χ4n) is 1.56. The van der Waals surface area contributed by atoms with Crippen LogP contribution in [0, 0.1) is 0 Å². The molecular formula is C13H21NO4S. The number of sulfone groups is 1. The number of hydrogen-bond acceptors (Lipinski definition) is 5. The summed E-state index contributed by atoms with van der Waals surface area (Å²) in [5, 5.41) is 0. The normalized spacial score (nSPS) is 11.6. The number of nitrogens with zero attached hydrogens (tertiary/aromatic N) is 1. The van der Waals surface area contributed by atoms with E-state index in [9.17, 15) is 8.42 Å². The molecule has 1 rings (SSSR count). The summed E-state index contributed by atoms with van der Waals surface area (Å²) in [5.41, 5.74) is 0. The smallest absolute Gasteiger partial charge is 0.175 e. The minimum Gasteiger partial charge on any atom is -0.493 e. The first-order valence-electron chi connectivity index (χ1n) is 6.00. The lowest BCUT2D eigenvalue weighted by molar-refractivity contribution is 0.268. The van der Waals surface area contributed by atoms with E-state index in [0.29, 0.717) is 18.1 Å². The van der Waals surface area contributed by atoms with E-state index in [0.717, 1.165) is 13.0 Å². The van der Waals surface area contributed by atoms with Crippen LogP contribution in [0.2, 0.25) is 0 Å². The maximum atomic E-state index is 11.4. The molecule has 0 aliphatic heterocycles. The van der Waals surface area contributed by atoms with E-state index < -0.39 is 9.84 Å². The Bertz CT molecular complexity index is 511. The molecule has 1 aromatic carbocycles. The van der Waals surface area contributed by atoms with Crippen molar-refractivity contribution >= 4 is 9.84 Å². The van der Waals surface area contributed by atoms with E-state index in [1.807, 2.05) is 14.1 Å². The van der Waals surface area contributed by atoms with E-state index in [-0.39, 0.29) is 4.90 Å². The van der Waals surface area contributed by atoms with Crippen molar-refractivity contribution < 1.29 is 17.9 Å². The van der Waals surface area contributed by atoms with E-state index in [4.69, 9.17) is 9.47 Å². The Hall–Kier alpha value is -1.27. The van der Waals surface area contributed by atoms with Gasteiger partial charge in [-0.3, -0.25) is 0 Å². The quantitative estimate of drug-likeness (QED) is 0.710. The fraction of sp³-hybridized carbons (Fsp3) is 0.538. The Kier molecular flexibility index (Phi) is 5.62. The summed E-state index contributed by atoms with van der Waals surface area (Å²) >= 11 is 0. The van der Waals surface area contributed by atoms with Crippen molar-refractivity contribution in [2.45, 2.75) is 11.3 Å². The summed E-state index contributed by atoms with van der Waals surface area (Å²) in [6, 6.07) is 4.64. The number of benzene rings is 1. The topological polar surface area (TPSA) is 55.8 Å². The van der Waals surface area contributed by atoms with Crippen LogP contribution in [0.4, 0.5) is 0 Å². The first-order chi connectivity index (χ1) is 8.84. The Morgan fingerprint density at radius 3 is 2.42 bits per heavy atom. The molecule has 6 heteroatoms. The number of rotatable bonds is 7. The SMILES string of the molecule is COc1cc(S(C)(=O)=O)ccc1OCCCN(C)C. The summed E-state index contributed by atoms with van der Waals surface area (Å²) in [4.78, 5) is 2.30. The van der Waals surface area contributed by atoms with Crippen molar-refractivity contribution in [3.63, 3.8) is 0 Å². The van der Waals surface area contributed by atoms with Gasteiger partial charge in [-0.2, -0.15) is 0 Å². The maximum Gasteiger partial charge on any atom is 0.175 e. The van der Waals surface area contributed by atoms with Gasteiger partial charge >= 0.3 is 0 Å². The Morgan fingerprint density at radius 2 is 1.89 bits per heavy atom. The molecule has 0 aliphatic rings. The Morgan fingerprint density at radius 1 is 1.21 bits per heavy atom. The van der Waals surface area contributed by atoms with Crippen molar-refractivity contribution in [3.8, 4) is 11.5 Å². The van der Waals surface area contributed by atoms with Crippen LogP contribution in [-0.2, 0) is 9.84 Å². The predicted octanol–water partition coefficient (Wildman–Crippen LogP) is 1.43. The molecule has 0 aliphatic carbocycles. The standard InChI is InChI=1S/C13H21NO4S/c1-14(2)8-5-9-18-12-7-6-11(19(4,15)16)10-13(12)17-3/h6-7,10H,5,8-9H2,1-4H3. The van der Waals surface area contributed by atoms with Crippen molar-refractivity contribution in [1.82, 2.24) is 4.90 Å². The third-order valence-electron chi connectivity index (χ3n) is 2.57. The van der Waals surface area contributed by atoms with Crippen molar-refractivity contribution in [2.75, 3.05) is 40.6 Å². The van der Waals surface area contributed by atoms with E-state index in [1.165, 1.54) is 25.5 Å². The largest absolute Gasteiger partial charge is 0.493 e. The summed E-state index contributed by atoms with van der Waals surface area (Å²) < 4.78 is 33.7.